The molecule has 0 radical (unpaired) electrons. The third-order valence-electron chi connectivity index (χ3n) is 5.16. The number of rotatable bonds is 0. The van der Waals surface area contributed by atoms with Crippen LogP contribution < -0.4 is 0 Å². The predicted molar refractivity (Wildman–Crippen MR) is 107 cm³/mol. The van der Waals surface area contributed by atoms with Crippen LogP contribution in [0.2, 0.25) is 0 Å². The molecule has 5 rings (SSSR count). The molecule has 0 bridgehead atoms. The molecule has 0 fully saturated rings. The number of hydrogen-bond donors (Lipinski definition) is 0. The standard InChI is InChI=1S/C25H14/c1-3-16-5-6-18-15-25-20(14-21(18)11-16)8-10-22-23(25)9-7-19-12-17(4-2)13-24(19)22/h1-2,5-11,13-15H,12H2. The SMILES string of the molecule is C#CC1=Cc2c(ccc3c2ccc2cc4cc(C#C)ccc4cc23)C1. The van der Waals surface area contributed by atoms with Crippen molar-refractivity contribution in [2.24, 2.45) is 0 Å². The summed E-state index contributed by atoms with van der Waals surface area (Å²) in [5, 5.41) is 7.43. The van der Waals surface area contributed by atoms with Crippen molar-refractivity contribution < 1.29 is 0 Å². The third-order valence-corrected chi connectivity index (χ3v) is 5.16. The second-order valence-electron chi connectivity index (χ2n) is 6.57. The van der Waals surface area contributed by atoms with E-state index in [1.165, 1.54) is 43.4 Å². The van der Waals surface area contributed by atoms with Gasteiger partial charge in [0.1, 0.15) is 0 Å². The Morgan fingerprint density at radius 3 is 2.36 bits per heavy atom. The lowest BCUT2D eigenvalue weighted by Crippen LogP contribution is -1.87. The second-order valence-corrected chi connectivity index (χ2v) is 6.57. The first-order valence-electron chi connectivity index (χ1n) is 8.33. The largest absolute Gasteiger partial charge is 0.115 e. The summed E-state index contributed by atoms with van der Waals surface area (Å²) in [4.78, 5) is 0. The van der Waals surface area contributed by atoms with E-state index in [-0.39, 0.29) is 0 Å². The topological polar surface area (TPSA) is 0 Å². The van der Waals surface area contributed by atoms with Gasteiger partial charge >= 0.3 is 0 Å². The second kappa shape index (κ2) is 5.01. The van der Waals surface area contributed by atoms with Gasteiger partial charge in [-0.15, -0.1) is 12.8 Å². The molecule has 0 nitrogen and oxygen atoms in total. The number of terminal acetylenes is 2. The zero-order valence-corrected chi connectivity index (χ0v) is 13.6. The lowest BCUT2D eigenvalue weighted by molar-refractivity contribution is 1.27. The molecule has 1 aliphatic rings. The summed E-state index contributed by atoms with van der Waals surface area (Å²) < 4.78 is 0. The molecule has 0 spiro atoms. The van der Waals surface area contributed by atoms with Gasteiger partial charge in [-0.1, -0.05) is 42.2 Å². The van der Waals surface area contributed by atoms with E-state index >= 15 is 0 Å². The van der Waals surface area contributed by atoms with Gasteiger partial charge in [0.25, 0.3) is 0 Å². The molecule has 1 aliphatic carbocycles. The molecule has 114 valence electrons. The Hall–Kier alpha value is -3.48. The molecule has 0 amide bonds. The van der Waals surface area contributed by atoms with Crippen LogP contribution in [0.4, 0.5) is 0 Å². The van der Waals surface area contributed by atoms with Gasteiger partial charge in [0.15, 0.2) is 0 Å². The van der Waals surface area contributed by atoms with Gasteiger partial charge in [0, 0.05) is 17.6 Å². The highest BCUT2D eigenvalue weighted by Crippen LogP contribution is 2.36. The van der Waals surface area contributed by atoms with Crippen molar-refractivity contribution in [1.29, 1.82) is 0 Å². The van der Waals surface area contributed by atoms with Crippen LogP contribution in [0.15, 0.2) is 60.2 Å². The Balaban J connectivity index is 1.87. The van der Waals surface area contributed by atoms with Crippen LogP contribution in [0.3, 0.4) is 0 Å². The maximum atomic E-state index is 5.60. The molecule has 4 aromatic carbocycles. The summed E-state index contributed by atoms with van der Waals surface area (Å²) in [7, 11) is 0. The fourth-order valence-electron chi connectivity index (χ4n) is 3.89. The maximum absolute atomic E-state index is 5.60. The Bertz CT molecular complexity index is 1320. The fraction of sp³-hybridized carbons (Fsp3) is 0.0400. The first-order valence-corrected chi connectivity index (χ1v) is 8.33. The molecule has 0 heteroatoms. The monoisotopic (exact) mass is 314 g/mol. The number of fused-ring (bicyclic) bond motifs is 6. The van der Waals surface area contributed by atoms with E-state index in [4.69, 9.17) is 12.8 Å². The first kappa shape index (κ1) is 13.9. The van der Waals surface area contributed by atoms with E-state index in [9.17, 15) is 0 Å². The number of allylic oxidation sites excluding steroid dienone is 1. The highest BCUT2D eigenvalue weighted by Gasteiger charge is 2.15. The molecule has 0 aromatic heterocycles. The van der Waals surface area contributed by atoms with E-state index in [0.717, 1.165) is 17.6 Å². The Morgan fingerprint density at radius 1 is 0.680 bits per heavy atom. The van der Waals surface area contributed by atoms with Crippen molar-refractivity contribution in [3.63, 3.8) is 0 Å². The van der Waals surface area contributed by atoms with E-state index in [1.807, 2.05) is 6.07 Å². The summed E-state index contributed by atoms with van der Waals surface area (Å²) in [6.45, 7) is 0. The lowest BCUT2D eigenvalue weighted by Gasteiger charge is -2.10. The zero-order valence-electron chi connectivity index (χ0n) is 13.6. The van der Waals surface area contributed by atoms with Crippen molar-refractivity contribution in [2.75, 3.05) is 0 Å². The molecule has 0 N–H and O–H groups in total. The van der Waals surface area contributed by atoms with Crippen LogP contribution in [0.5, 0.6) is 0 Å². The van der Waals surface area contributed by atoms with Gasteiger partial charge in [-0.2, -0.15) is 0 Å². The summed E-state index contributed by atoms with van der Waals surface area (Å²) in [6.07, 6.45) is 14.2. The van der Waals surface area contributed by atoms with Crippen LogP contribution in [-0.2, 0) is 6.42 Å². The van der Waals surface area contributed by atoms with E-state index < -0.39 is 0 Å². The minimum absolute atomic E-state index is 0.867. The number of benzene rings is 4. The minimum atomic E-state index is 0.867. The van der Waals surface area contributed by atoms with Crippen molar-refractivity contribution >= 4 is 38.4 Å². The van der Waals surface area contributed by atoms with Crippen molar-refractivity contribution in [2.45, 2.75) is 6.42 Å². The Labute approximate surface area is 146 Å². The normalized spacial score (nSPS) is 12.8. The molecule has 0 atom stereocenters. The highest BCUT2D eigenvalue weighted by atomic mass is 14.2. The molecule has 0 unspecified atom stereocenters. The summed E-state index contributed by atoms with van der Waals surface area (Å²) in [6, 6.07) is 19.5. The van der Waals surface area contributed by atoms with Crippen LogP contribution in [0, 0.1) is 24.7 Å². The van der Waals surface area contributed by atoms with E-state index in [2.05, 4.69) is 66.4 Å². The van der Waals surface area contributed by atoms with Gasteiger partial charge in [0.2, 0.25) is 0 Å². The van der Waals surface area contributed by atoms with Crippen LogP contribution in [-0.4, -0.2) is 0 Å². The van der Waals surface area contributed by atoms with Gasteiger partial charge in [-0.25, -0.2) is 0 Å². The van der Waals surface area contributed by atoms with Crippen LogP contribution >= 0.6 is 0 Å². The van der Waals surface area contributed by atoms with Crippen molar-refractivity contribution in [3.8, 4) is 24.7 Å². The van der Waals surface area contributed by atoms with E-state index in [1.54, 1.807) is 0 Å². The zero-order chi connectivity index (χ0) is 17.0. The quantitative estimate of drug-likeness (QED) is 0.222. The molecule has 4 aromatic rings. The van der Waals surface area contributed by atoms with Gasteiger partial charge in [0.05, 0.1) is 0 Å². The average molecular weight is 314 g/mol. The Kier molecular flexibility index (Phi) is 2.79. The van der Waals surface area contributed by atoms with Crippen molar-refractivity contribution in [1.82, 2.24) is 0 Å². The molecular formula is C25H14. The Morgan fingerprint density at radius 2 is 1.52 bits per heavy atom. The smallest absolute Gasteiger partial charge is 0.0248 e. The molecule has 25 heavy (non-hydrogen) atoms. The summed E-state index contributed by atoms with van der Waals surface area (Å²) in [5.74, 6) is 5.50. The van der Waals surface area contributed by atoms with Gasteiger partial charge in [-0.3, -0.25) is 0 Å². The van der Waals surface area contributed by atoms with Crippen LogP contribution in [0.1, 0.15) is 16.7 Å². The maximum Gasteiger partial charge on any atom is 0.0248 e. The van der Waals surface area contributed by atoms with Crippen LogP contribution in [0.25, 0.3) is 38.4 Å². The summed E-state index contributed by atoms with van der Waals surface area (Å²) in [5.41, 5.74) is 4.56. The predicted octanol–water partition coefficient (Wildman–Crippen LogP) is 5.70. The third kappa shape index (κ3) is 1.99. The lowest BCUT2D eigenvalue weighted by atomic mass is 9.94. The minimum Gasteiger partial charge on any atom is -0.115 e. The summed E-state index contributed by atoms with van der Waals surface area (Å²) >= 11 is 0. The van der Waals surface area contributed by atoms with Gasteiger partial charge < -0.3 is 0 Å². The number of hydrogen-bond acceptors (Lipinski definition) is 0. The van der Waals surface area contributed by atoms with Crippen molar-refractivity contribution in [3.05, 3.63) is 76.9 Å². The molecule has 0 saturated heterocycles. The molecular weight excluding hydrogens is 300 g/mol. The van der Waals surface area contributed by atoms with Gasteiger partial charge in [-0.05, 0) is 73.8 Å². The average Bonchev–Trinajstić information content (AvgIpc) is 3.09. The molecule has 0 saturated carbocycles. The van der Waals surface area contributed by atoms with E-state index in [0.29, 0.717) is 0 Å². The first-order chi connectivity index (χ1) is 12.3. The molecule has 0 aliphatic heterocycles. The fourth-order valence-corrected chi connectivity index (χ4v) is 3.89. The molecule has 0 heterocycles. The highest BCUT2D eigenvalue weighted by molar-refractivity contribution is 6.14.